The molecule has 2 aromatic rings. The van der Waals surface area contributed by atoms with Crippen molar-refractivity contribution in [1.29, 1.82) is 0 Å². The molecule has 1 aliphatic rings. The zero-order valence-electron chi connectivity index (χ0n) is 13.7. The number of rotatable bonds is 3. The van der Waals surface area contributed by atoms with Gasteiger partial charge in [0.1, 0.15) is 0 Å². The topological polar surface area (TPSA) is 58.2 Å². The fourth-order valence-corrected chi connectivity index (χ4v) is 3.66. The number of anilines is 2. The van der Waals surface area contributed by atoms with Crippen LogP contribution in [0.1, 0.15) is 17.5 Å². The van der Waals surface area contributed by atoms with Crippen LogP contribution >= 0.6 is 11.8 Å². The summed E-state index contributed by atoms with van der Waals surface area (Å²) < 4.78 is 38.3. The molecule has 0 spiro atoms. The van der Waals surface area contributed by atoms with E-state index in [4.69, 9.17) is 0 Å². The Hall–Kier alpha value is -2.48. The van der Waals surface area contributed by atoms with Crippen molar-refractivity contribution < 1.29 is 22.8 Å². The highest BCUT2D eigenvalue weighted by Gasteiger charge is 2.34. The van der Waals surface area contributed by atoms with Gasteiger partial charge in [0.05, 0.1) is 16.5 Å². The minimum atomic E-state index is -4.48. The molecule has 8 heteroatoms. The fraction of sp³-hybridized carbons (Fsp3) is 0.222. The average molecular weight is 380 g/mol. The van der Waals surface area contributed by atoms with E-state index in [9.17, 15) is 22.8 Å². The molecular weight excluding hydrogens is 365 g/mol. The van der Waals surface area contributed by atoms with Crippen LogP contribution in [0.5, 0.6) is 0 Å². The molecule has 1 atom stereocenters. The highest BCUT2D eigenvalue weighted by Crippen LogP contribution is 2.40. The van der Waals surface area contributed by atoms with E-state index in [1.54, 1.807) is 12.1 Å². The maximum absolute atomic E-state index is 12.8. The summed E-state index contributed by atoms with van der Waals surface area (Å²) in [6, 6.07) is 10.4. The molecule has 136 valence electrons. The summed E-state index contributed by atoms with van der Waals surface area (Å²) in [4.78, 5) is 24.9. The van der Waals surface area contributed by atoms with Crippen LogP contribution in [-0.4, -0.2) is 17.1 Å². The van der Waals surface area contributed by atoms with Gasteiger partial charge in [0.25, 0.3) is 0 Å². The predicted octanol–water partition coefficient (Wildman–Crippen LogP) is 4.46. The smallest absolute Gasteiger partial charge is 0.326 e. The lowest BCUT2D eigenvalue weighted by Crippen LogP contribution is -2.32. The van der Waals surface area contributed by atoms with E-state index in [1.807, 2.05) is 19.1 Å². The normalized spacial score (nSPS) is 16.6. The van der Waals surface area contributed by atoms with Crippen LogP contribution in [0.2, 0.25) is 0 Å². The number of amides is 2. The number of carbonyl (C=O) groups is 2. The van der Waals surface area contributed by atoms with Crippen molar-refractivity contribution in [2.24, 2.45) is 0 Å². The SMILES string of the molecule is Cc1cccc(NC(=O)C[C@@H]2Sc3ccc(C(F)(F)F)cc3NC2=O)c1. The van der Waals surface area contributed by atoms with E-state index < -0.39 is 22.9 Å². The highest BCUT2D eigenvalue weighted by atomic mass is 32.2. The van der Waals surface area contributed by atoms with Crippen LogP contribution in [0.25, 0.3) is 0 Å². The molecule has 26 heavy (non-hydrogen) atoms. The lowest BCUT2D eigenvalue weighted by Gasteiger charge is -2.24. The lowest BCUT2D eigenvalue weighted by atomic mass is 10.1. The van der Waals surface area contributed by atoms with E-state index in [0.29, 0.717) is 10.6 Å². The zero-order chi connectivity index (χ0) is 18.9. The molecule has 0 aliphatic carbocycles. The first-order valence-electron chi connectivity index (χ1n) is 7.77. The molecule has 2 amide bonds. The summed E-state index contributed by atoms with van der Waals surface area (Å²) in [5.41, 5.74) is 0.909. The standard InChI is InChI=1S/C18H15F3N2O2S/c1-10-3-2-4-12(7-10)22-16(24)9-15-17(25)23-13-8-11(18(19,20)21)5-6-14(13)26-15/h2-8,15H,9H2,1H3,(H,22,24)(H,23,25)/t15-/m0/s1. The first-order valence-corrected chi connectivity index (χ1v) is 8.65. The van der Waals surface area contributed by atoms with Gasteiger partial charge in [0.2, 0.25) is 11.8 Å². The predicted molar refractivity (Wildman–Crippen MR) is 94.1 cm³/mol. The summed E-state index contributed by atoms with van der Waals surface area (Å²) >= 11 is 1.09. The molecule has 0 saturated carbocycles. The van der Waals surface area contributed by atoms with E-state index in [0.717, 1.165) is 29.5 Å². The minimum absolute atomic E-state index is 0.0785. The van der Waals surface area contributed by atoms with Crippen molar-refractivity contribution in [2.75, 3.05) is 10.6 Å². The van der Waals surface area contributed by atoms with Gasteiger partial charge in [-0.1, -0.05) is 12.1 Å². The minimum Gasteiger partial charge on any atom is -0.326 e. The number of carbonyl (C=O) groups excluding carboxylic acids is 2. The Bertz CT molecular complexity index is 868. The number of aryl methyl sites for hydroxylation is 1. The molecule has 0 saturated heterocycles. The first-order chi connectivity index (χ1) is 12.2. The van der Waals surface area contributed by atoms with E-state index in [2.05, 4.69) is 10.6 Å². The summed E-state index contributed by atoms with van der Waals surface area (Å²) in [6.45, 7) is 1.90. The molecule has 0 unspecified atom stereocenters. The highest BCUT2D eigenvalue weighted by molar-refractivity contribution is 8.01. The second-order valence-electron chi connectivity index (χ2n) is 5.93. The molecule has 0 radical (unpaired) electrons. The number of nitrogens with one attached hydrogen (secondary N) is 2. The van der Waals surface area contributed by atoms with Crippen molar-refractivity contribution >= 4 is 35.0 Å². The second-order valence-corrected chi connectivity index (χ2v) is 7.17. The molecule has 2 aromatic carbocycles. The Kier molecular flexibility index (Phi) is 4.95. The van der Waals surface area contributed by atoms with E-state index >= 15 is 0 Å². The number of halogens is 3. The molecule has 0 aromatic heterocycles. The van der Waals surface area contributed by atoms with Crippen molar-refractivity contribution in [2.45, 2.75) is 29.7 Å². The Morgan fingerprint density at radius 3 is 2.69 bits per heavy atom. The summed E-state index contributed by atoms with van der Waals surface area (Å²) in [5.74, 6) is -0.820. The van der Waals surface area contributed by atoms with Crippen molar-refractivity contribution in [3.63, 3.8) is 0 Å². The van der Waals surface area contributed by atoms with Crippen LogP contribution < -0.4 is 10.6 Å². The van der Waals surface area contributed by atoms with Crippen LogP contribution in [0.15, 0.2) is 47.4 Å². The van der Waals surface area contributed by atoms with Crippen LogP contribution in [0.4, 0.5) is 24.5 Å². The molecule has 3 rings (SSSR count). The van der Waals surface area contributed by atoms with Gasteiger partial charge in [-0.15, -0.1) is 11.8 Å². The van der Waals surface area contributed by atoms with Crippen molar-refractivity contribution in [3.8, 4) is 0 Å². The number of benzene rings is 2. The maximum atomic E-state index is 12.8. The van der Waals surface area contributed by atoms with Crippen molar-refractivity contribution in [3.05, 3.63) is 53.6 Å². The number of hydrogen-bond acceptors (Lipinski definition) is 3. The van der Waals surface area contributed by atoms with Gasteiger partial charge in [-0.2, -0.15) is 13.2 Å². The molecule has 1 aliphatic heterocycles. The quantitative estimate of drug-likeness (QED) is 0.827. The van der Waals surface area contributed by atoms with Gasteiger partial charge < -0.3 is 10.6 Å². The fourth-order valence-electron chi connectivity index (χ4n) is 2.56. The molecule has 4 nitrogen and oxygen atoms in total. The summed E-state index contributed by atoms with van der Waals surface area (Å²) in [6.07, 6.45) is -4.56. The lowest BCUT2D eigenvalue weighted by molar-refractivity contribution is -0.137. The third kappa shape index (κ3) is 4.19. The maximum Gasteiger partial charge on any atom is 0.416 e. The number of thioether (sulfide) groups is 1. The van der Waals surface area contributed by atoms with E-state index in [1.165, 1.54) is 6.07 Å². The van der Waals surface area contributed by atoms with Gasteiger partial charge in [-0.3, -0.25) is 9.59 Å². The summed E-state index contributed by atoms with van der Waals surface area (Å²) in [7, 11) is 0. The van der Waals surface area contributed by atoms with Crippen molar-refractivity contribution in [1.82, 2.24) is 0 Å². The molecular formula is C18H15F3N2O2S. The third-order valence-corrected chi connectivity index (χ3v) is 5.07. The van der Waals surface area contributed by atoms with Crippen LogP contribution in [0, 0.1) is 6.92 Å². The largest absolute Gasteiger partial charge is 0.416 e. The molecule has 0 bridgehead atoms. The number of hydrogen-bond donors (Lipinski definition) is 2. The molecule has 1 heterocycles. The van der Waals surface area contributed by atoms with E-state index in [-0.39, 0.29) is 18.0 Å². The third-order valence-electron chi connectivity index (χ3n) is 3.80. The van der Waals surface area contributed by atoms with Gasteiger partial charge >= 0.3 is 6.18 Å². The Balaban J connectivity index is 1.69. The zero-order valence-corrected chi connectivity index (χ0v) is 14.5. The Morgan fingerprint density at radius 1 is 1.23 bits per heavy atom. The van der Waals surface area contributed by atoms with Gasteiger partial charge in [-0.25, -0.2) is 0 Å². The van der Waals surface area contributed by atoms with Gasteiger partial charge in [-0.05, 0) is 42.8 Å². The molecule has 2 N–H and O–H groups in total. The number of alkyl halides is 3. The van der Waals surface area contributed by atoms with Crippen LogP contribution in [0.3, 0.4) is 0 Å². The Labute approximate surface area is 152 Å². The van der Waals surface area contributed by atoms with Crippen LogP contribution in [-0.2, 0) is 15.8 Å². The first kappa shape index (κ1) is 18.3. The van der Waals surface area contributed by atoms with Gasteiger partial charge in [0.15, 0.2) is 0 Å². The molecule has 0 fully saturated rings. The average Bonchev–Trinajstić information content (AvgIpc) is 2.54. The second kappa shape index (κ2) is 7.03. The number of fused-ring (bicyclic) bond motifs is 1. The Morgan fingerprint density at radius 2 is 2.00 bits per heavy atom. The summed E-state index contributed by atoms with van der Waals surface area (Å²) in [5, 5.41) is 4.48. The van der Waals surface area contributed by atoms with Gasteiger partial charge in [0, 0.05) is 17.0 Å². The monoisotopic (exact) mass is 380 g/mol.